The van der Waals surface area contributed by atoms with Crippen molar-refractivity contribution >= 4 is 0 Å². The quantitative estimate of drug-likeness (QED) is 0.514. The summed E-state index contributed by atoms with van der Waals surface area (Å²) in [6, 6.07) is 18.0. The average Bonchev–Trinajstić information content (AvgIpc) is 2.48. The van der Waals surface area contributed by atoms with E-state index < -0.39 is 0 Å². The number of rotatable bonds is 2. The molecule has 3 aromatic rings. The molecule has 0 unspecified atom stereocenters. The van der Waals surface area contributed by atoms with Crippen LogP contribution in [-0.2, 0) is 0 Å². The Bertz CT molecular complexity index is 835. The molecule has 0 radical (unpaired) electrons. The van der Waals surface area contributed by atoms with Crippen LogP contribution in [0.25, 0.3) is 22.3 Å². The Morgan fingerprint density at radius 2 is 1.22 bits per heavy atom. The molecule has 0 atom stereocenters. The lowest BCUT2D eigenvalue weighted by atomic mass is 9.90. The molecule has 0 N–H and O–H groups in total. The van der Waals surface area contributed by atoms with Crippen LogP contribution < -0.4 is 0 Å². The molecule has 3 rings (SSSR count). The van der Waals surface area contributed by atoms with Crippen LogP contribution in [0.2, 0.25) is 0 Å². The molecule has 0 aliphatic rings. The molecule has 3 aromatic carbocycles. The molecule has 0 nitrogen and oxygen atoms in total. The van der Waals surface area contributed by atoms with Gasteiger partial charge in [0.1, 0.15) is 5.82 Å². The van der Waals surface area contributed by atoms with E-state index in [0.717, 1.165) is 16.7 Å². The van der Waals surface area contributed by atoms with E-state index in [0.29, 0.717) is 0 Å². The maximum absolute atomic E-state index is 13.3. The zero-order chi connectivity index (χ0) is 16.6. The SMILES string of the molecule is Cc1ccc(-c2c(C)cc(-c3ccc(F)cc3C)cc2C)cc1. The summed E-state index contributed by atoms with van der Waals surface area (Å²) in [7, 11) is 0. The summed E-state index contributed by atoms with van der Waals surface area (Å²) >= 11 is 0. The molecule has 0 bridgehead atoms. The van der Waals surface area contributed by atoms with E-state index in [2.05, 4.69) is 57.2 Å². The van der Waals surface area contributed by atoms with Crippen molar-refractivity contribution in [2.45, 2.75) is 27.7 Å². The Balaban J connectivity index is 2.12. The van der Waals surface area contributed by atoms with Gasteiger partial charge in [0.15, 0.2) is 0 Å². The van der Waals surface area contributed by atoms with Gasteiger partial charge >= 0.3 is 0 Å². The van der Waals surface area contributed by atoms with E-state index in [-0.39, 0.29) is 5.82 Å². The van der Waals surface area contributed by atoms with E-state index in [9.17, 15) is 4.39 Å². The smallest absolute Gasteiger partial charge is 0.123 e. The summed E-state index contributed by atoms with van der Waals surface area (Å²) in [6.07, 6.45) is 0. The molecule has 1 heteroatoms. The minimum Gasteiger partial charge on any atom is -0.207 e. The van der Waals surface area contributed by atoms with Gasteiger partial charge in [0.2, 0.25) is 0 Å². The molecule has 0 fully saturated rings. The van der Waals surface area contributed by atoms with Gasteiger partial charge in [-0.25, -0.2) is 4.39 Å². The lowest BCUT2D eigenvalue weighted by Gasteiger charge is -2.15. The van der Waals surface area contributed by atoms with E-state index in [1.807, 2.05) is 13.0 Å². The molecule has 0 heterocycles. The second kappa shape index (κ2) is 6.00. The molecule has 0 aliphatic carbocycles. The number of benzene rings is 3. The minimum atomic E-state index is -0.184. The highest BCUT2D eigenvalue weighted by molar-refractivity contribution is 5.77. The van der Waals surface area contributed by atoms with Crippen LogP contribution in [0.4, 0.5) is 4.39 Å². The van der Waals surface area contributed by atoms with Crippen molar-refractivity contribution < 1.29 is 4.39 Å². The summed E-state index contributed by atoms with van der Waals surface area (Å²) in [5.41, 5.74) is 9.48. The van der Waals surface area contributed by atoms with Crippen molar-refractivity contribution in [1.82, 2.24) is 0 Å². The first-order chi connectivity index (χ1) is 11.0. The van der Waals surface area contributed by atoms with Crippen LogP contribution >= 0.6 is 0 Å². The zero-order valence-electron chi connectivity index (χ0n) is 14.1. The van der Waals surface area contributed by atoms with Crippen molar-refractivity contribution in [3.8, 4) is 22.3 Å². The zero-order valence-corrected chi connectivity index (χ0v) is 14.1. The van der Waals surface area contributed by atoms with Crippen molar-refractivity contribution in [2.24, 2.45) is 0 Å². The molecule has 23 heavy (non-hydrogen) atoms. The van der Waals surface area contributed by atoms with Crippen LogP contribution in [0.3, 0.4) is 0 Å². The molecule has 0 aromatic heterocycles. The monoisotopic (exact) mass is 304 g/mol. The van der Waals surface area contributed by atoms with E-state index in [1.165, 1.54) is 33.9 Å². The fourth-order valence-electron chi connectivity index (χ4n) is 3.25. The number of halogens is 1. The van der Waals surface area contributed by atoms with Gasteiger partial charge in [0.25, 0.3) is 0 Å². The van der Waals surface area contributed by atoms with Gasteiger partial charge in [-0.1, -0.05) is 48.0 Å². The molecule has 0 spiro atoms. The van der Waals surface area contributed by atoms with Gasteiger partial charge in [-0.15, -0.1) is 0 Å². The second-order valence-electron chi connectivity index (χ2n) is 6.31. The maximum Gasteiger partial charge on any atom is 0.123 e. The highest BCUT2D eigenvalue weighted by Crippen LogP contribution is 2.33. The van der Waals surface area contributed by atoms with Gasteiger partial charge in [0, 0.05) is 0 Å². The van der Waals surface area contributed by atoms with Crippen LogP contribution in [0, 0.1) is 33.5 Å². The van der Waals surface area contributed by atoms with Crippen molar-refractivity contribution in [3.05, 3.63) is 82.7 Å². The standard InChI is InChI=1S/C22H21F/c1-14-5-7-18(8-6-14)22-16(3)11-19(12-17(22)4)21-10-9-20(23)13-15(21)2/h5-13H,1-4H3. The number of hydrogen-bond donors (Lipinski definition) is 0. The Hall–Kier alpha value is -2.41. The average molecular weight is 304 g/mol. The van der Waals surface area contributed by atoms with Crippen LogP contribution in [0.1, 0.15) is 22.3 Å². The predicted molar refractivity (Wildman–Crippen MR) is 96.2 cm³/mol. The van der Waals surface area contributed by atoms with E-state index >= 15 is 0 Å². The Morgan fingerprint density at radius 3 is 1.78 bits per heavy atom. The lowest BCUT2D eigenvalue weighted by molar-refractivity contribution is 0.627. The molecule has 116 valence electrons. The van der Waals surface area contributed by atoms with E-state index in [1.54, 1.807) is 6.07 Å². The fraction of sp³-hybridized carbons (Fsp3) is 0.182. The summed E-state index contributed by atoms with van der Waals surface area (Å²) in [4.78, 5) is 0. The van der Waals surface area contributed by atoms with Gasteiger partial charge < -0.3 is 0 Å². The van der Waals surface area contributed by atoms with Crippen molar-refractivity contribution in [3.63, 3.8) is 0 Å². The van der Waals surface area contributed by atoms with Gasteiger partial charge in [-0.05, 0) is 78.8 Å². The second-order valence-corrected chi connectivity index (χ2v) is 6.31. The van der Waals surface area contributed by atoms with Crippen molar-refractivity contribution in [2.75, 3.05) is 0 Å². The largest absolute Gasteiger partial charge is 0.207 e. The third-order valence-electron chi connectivity index (χ3n) is 4.37. The molecular weight excluding hydrogens is 283 g/mol. The van der Waals surface area contributed by atoms with Crippen LogP contribution in [-0.4, -0.2) is 0 Å². The molecule has 0 saturated carbocycles. The van der Waals surface area contributed by atoms with E-state index in [4.69, 9.17) is 0 Å². The molecule has 0 aliphatic heterocycles. The van der Waals surface area contributed by atoms with Crippen LogP contribution in [0.5, 0.6) is 0 Å². The minimum absolute atomic E-state index is 0.184. The maximum atomic E-state index is 13.3. The van der Waals surface area contributed by atoms with Crippen LogP contribution in [0.15, 0.2) is 54.6 Å². The normalized spacial score (nSPS) is 10.8. The number of hydrogen-bond acceptors (Lipinski definition) is 0. The Labute approximate surface area is 137 Å². The Kier molecular flexibility index (Phi) is 4.04. The number of aryl methyl sites for hydroxylation is 4. The summed E-state index contributed by atoms with van der Waals surface area (Å²) < 4.78 is 13.3. The highest BCUT2D eigenvalue weighted by Gasteiger charge is 2.10. The van der Waals surface area contributed by atoms with Gasteiger partial charge in [-0.3, -0.25) is 0 Å². The Morgan fingerprint density at radius 1 is 0.609 bits per heavy atom. The summed E-state index contributed by atoms with van der Waals surface area (Å²) in [5, 5.41) is 0. The van der Waals surface area contributed by atoms with Gasteiger partial charge in [0.05, 0.1) is 0 Å². The fourth-order valence-corrected chi connectivity index (χ4v) is 3.25. The topological polar surface area (TPSA) is 0 Å². The molecule has 0 amide bonds. The first kappa shape index (κ1) is 15.5. The molecular formula is C22H21F. The van der Waals surface area contributed by atoms with Gasteiger partial charge in [-0.2, -0.15) is 0 Å². The summed E-state index contributed by atoms with van der Waals surface area (Å²) in [5.74, 6) is -0.184. The third-order valence-corrected chi connectivity index (χ3v) is 4.37. The third kappa shape index (κ3) is 3.05. The summed E-state index contributed by atoms with van der Waals surface area (Å²) in [6.45, 7) is 8.34. The lowest BCUT2D eigenvalue weighted by Crippen LogP contribution is -1.92. The highest BCUT2D eigenvalue weighted by atomic mass is 19.1. The molecule has 0 saturated heterocycles. The first-order valence-corrected chi connectivity index (χ1v) is 7.90. The first-order valence-electron chi connectivity index (χ1n) is 7.90. The van der Waals surface area contributed by atoms with Crippen molar-refractivity contribution in [1.29, 1.82) is 0 Å². The predicted octanol–water partition coefficient (Wildman–Crippen LogP) is 6.39.